The smallest absolute Gasteiger partial charge is 0.0794 e. The maximum atomic E-state index is 5.64. The first-order valence-electron chi connectivity index (χ1n) is 6.75. The number of rotatable bonds is 5. The van der Waals surface area contributed by atoms with Crippen LogP contribution in [0.2, 0.25) is 0 Å². The van der Waals surface area contributed by atoms with E-state index in [2.05, 4.69) is 27.4 Å². The molecule has 0 aromatic carbocycles. The Morgan fingerprint density at radius 3 is 3.00 bits per heavy atom. The SMILES string of the molecule is NNC(Cc1ccn(C2CCCC2)n1)c1cncs1. The molecule has 0 bridgehead atoms. The molecule has 0 saturated heterocycles. The highest BCUT2D eigenvalue weighted by Crippen LogP contribution is 2.29. The molecule has 6 heteroatoms. The van der Waals surface area contributed by atoms with Crippen LogP contribution in [0.25, 0.3) is 0 Å². The predicted molar refractivity (Wildman–Crippen MR) is 75.6 cm³/mol. The van der Waals surface area contributed by atoms with Crippen molar-refractivity contribution in [1.82, 2.24) is 20.2 Å². The lowest BCUT2D eigenvalue weighted by molar-refractivity contribution is 0.458. The van der Waals surface area contributed by atoms with E-state index in [4.69, 9.17) is 10.9 Å². The van der Waals surface area contributed by atoms with E-state index in [1.165, 1.54) is 25.7 Å². The van der Waals surface area contributed by atoms with E-state index in [0.717, 1.165) is 17.0 Å². The third-order valence-corrected chi connectivity index (χ3v) is 4.66. The van der Waals surface area contributed by atoms with E-state index >= 15 is 0 Å². The van der Waals surface area contributed by atoms with Gasteiger partial charge in [-0.05, 0) is 18.9 Å². The van der Waals surface area contributed by atoms with Crippen LogP contribution >= 0.6 is 11.3 Å². The summed E-state index contributed by atoms with van der Waals surface area (Å²) in [7, 11) is 0. The lowest BCUT2D eigenvalue weighted by atomic mass is 10.1. The molecule has 1 aliphatic carbocycles. The van der Waals surface area contributed by atoms with Crippen LogP contribution in [-0.4, -0.2) is 14.8 Å². The number of thiazole rings is 1. The zero-order valence-corrected chi connectivity index (χ0v) is 11.6. The van der Waals surface area contributed by atoms with Gasteiger partial charge in [-0.3, -0.25) is 20.9 Å². The van der Waals surface area contributed by atoms with Crippen LogP contribution in [0.5, 0.6) is 0 Å². The molecule has 3 N–H and O–H groups in total. The Balaban J connectivity index is 1.69. The molecular formula is C13H19N5S. The van der Waals surface area contributed by atoms with E-state index in [-0.39, 0.29) is 6.04 Å². The molecule has 1 aliphatic rings. The van der Waals surface area contributed by atoms with Crippen molar-refractivity contribution in [2.24, 2.45) is 5.84 Å². The standard InChI is InChI=1S/C13H19N5S/c14-16-12(13-8-15-9-19-13)7-10-5-6-18(17-10)11-3-1-2-4-11/h5-6,8-9,11-12,16H,1-4,7,14H2. The first kappa shape index (κ1) is 12.8. The van der Waals surface area contributed by atoms with Crippen molar-refractivity contribution in [3.05, 3.63) is 34.5 Å². The fraction of sp³-hybridized carbons (Fsp3) is 0.538. The van der Waals surface area contributed by atoms with Gasteiger partial charge in [0.05, 0.1) is 23.3 Å². The summed E-state index contributed by atoms with van der Waals surface area (Å²) in [4.78, 5) is 5.25. The molecule has 2 aromatic rings. The molecular weight excluding hydrogens is 258 g/mol. The zero-order chi connectivity index (χ0) is 13.1. The largest absolute Gasteiger partial charge is 0.271 e. The molecule has 102 valence electrons. The number of nitrogens with two attached hydrogens (primary N) is 1. The van der Waals surface area contributed by atoms with Gasteiger partial charge < -0.3 is 0 Å². The summed E-state index contributed by atoms with van der Waals surface area (Å²) in [5.41, 5.74) is 5.77. The van der Waals surface area contributed by atoms with Crippen LogP contribution in [-0.2, 0) is 6.42 Å². The van der Waals surface area contributed by atoms with E-state index in [9.17, 15) is 0 Å². The molecule has 5 nitrogen and oxygen atoms in total. The molecule has 1 atom stereocenters. The Kier molecular flexibility index (Phi) is 3.91. The predicted octanol–water partition coefficient (Wildman–Crippen LogP) is 2.20. The van der Waals surface area contributed by atoms with Gasteiger partial charge in [0.15, 0.2) is 0 Å². The van der Waals surface area contributed by atoms with E-state index in [1.807, 2.05) is 11.7 Å². The molecule has 1 unspecified atom stereocenters. The summed E-state index contributed by atoms with van der Waals surface area (Å²) in [6, 6.07) is 2.80. The van der Waals surface area contributed by atoms with Crippen molar-refractivity contribution < 1.29 is 0 Å². The molecule has 1 saturated carbocycles. The van der Waals surface area contributed by atoms with Crippen LogP contribution in [0.15, 0.2) is 24.0 Å². The van der Waals surface area contributed by atoms with Gasteiger partial charge in [0.25, 0.3) is 0 Å². The number of hydrogen-bond donors (Lipinski definition) is 2. The highest BCUT2D eigenvalue weighted by molar-refractivity contribution is 7.09. The summed E-state index contributed by atoms with van der Waals surface area (Å²) < 4.78 is 2.13. The Labute approximate surface area is 116 Å². The van der Waals surface area contributed by atoms with E-state index in [0.29, 0.717) is 6.04 Å². The Morgan fingerprint density at radius 1 is 1.47 bits per heavy atom. The molecule has 2 aromatic heterocycles. The number of hydrazine groups is 1. The third kappa shape index (κ3) is 2.86. The van der Waals surface area contributed by atoms with Crippen LogP contribution in [0.1, 0.15) is 48.3 Å². The van der Waals surface area contributed by atoms with Crippen molar-refractivity contribution in [3.8, 4) is 0 Å². The van der Waals surface area contributed by atoms with Gasteiger partial charge in [-0.1, -0.05) is 12.8 Å². The van der Waals surface area contributed by atoms with Crippen LogP contribution in [0.4, 0.5) is 0 Å². The molecule has 3 rings (SSSR count). The highest BCUT2D eigenvalue weighted by atomic mass is 32.1. The average Bonchev–Trinajstić information content (AvgIpc) is 3.15. The molecule has 0 radical (unpaired) electrons. The van der Waals surface area contributed by atoms with Gasteiger partial charge in [-0.2, -0.15) is 5.10 Å². The summed E-state index contributed by atoms with van der Waals surface area (Å²) in [5, 5.41) is 4.70. The summed E-state index contributed by atoms with van der Waals surface area (Å²) in [6.45, 7) is 0. The minimum Gasteiger partial charge on any atom is -0.271 e. The third-order valence-electron chi connectivity index (χ3n) is 3.77. The summed E-state index contributed by atoms with van der Waals surface area (Å²) in [5.74, 6) is 5.64. The topological polar surface area (TPSA) is 68.8 Å². The minimum atomic E-state index is 0.0967. The quantitative estimate of drug-likeness (QED) is 0.649. The lowest BCUT2D eigenvalue weighted by Crippen LogP contribution is -2.29. The van der Waals surface area contributed by atoms with E-state index < -0.39 is 0 Å². The molecule has 0 aliphatic heterocycles. The number of nitrogens with zero attached hydrogens (tertiary/aromatic N) is 3. The Hall–Kier alpha value is -1.24. The molecule has 2 heterocycles. The number of aromatic nitrogens is 3. The molecule has 0 spiro atoms. The fourth-order valence-corrected chi connectivity index (χ4v) is 3.39. The maximum Gasteiger partial charge on any atom is 0.0794 e. The van der Waals surface area contributed by atoms with Crippen molar-refractivity contribution >= 4 is 11.3 Å². The zero-order valence-electron chi connectivity index (χ0n) is 10.8. The van der Waals surface area contributed by atoms with Crippen molar-refractivity contribution in [2.75, 3.05) is 0 Å². The van der Waals surface area contributed by atoms with Gasteiger partial charge in [0.1, 0.15) is 0 Å². The van der Waals surface area contributed by atoms with Gasteiger partial charge in [-0.25, -0.2) is 0 Å². The second kappa shape index (κ2) is 5.81. The van der Waals surface area contributed by atoms with Gasteiger partial charge in [0.2, 0.25) is 0 Å². The highest BCUT2D eigenvalue weighted by Gasteiger charge is 2.19. The Bertz CT molecular complexity index is 501. The van der Waals surface area contributed by atoms with Crippen molar-refractivity contribution in [2.45, 2.75) is 44.2 Å². The van der Waals surface area contributed by atoms with Crippen LogP contribution < -0.4 is 11.3 Å². The maximum absolute atomic E-state index is 5.64. The second-order valence-corrected chi connectivity index (χ2v) is 5.97. The minimum absolute atomic E-state index is 0.0967. The average molecular weight is 277 g/mol. The second-order valence-electron chi connectivity index (χ2n) is 5.05. The first-order chi connectivity index (χ1) is 9.36. The van der Waals surface area contributed by atoms with Crippen LogP contribution in [0, 0.1) is 0 Å². The van der Waals surface area contributed by atoms with Crippen molar-refractivity contribution in [1.29, 1.82) is 0 Å². The fourth-order valence-electron chi connectivity index (χ4n) is 2.71. The van der Waals surface area contributed by atoms with Gasteiger partial charge in [0, 0.05) is 23.7 Å². The summed E-state index contributed by atoms with van der Waals surface area (Å²) in [6.07, 6.45) is 9.94. The Morgan fingerprint density at radius 2 is 2.32 bits per heavy atom. The first-order valence-corrected chi connectivity index (χ1v) is 7.63. The van der Waals surface area contributed by atoms with Crippen LogP contribution in [0.3, 0.4) is 0 Å². The monoisotopic (exact) mass is 277 g/mol. The molecule has 0 amide bonds. The molecule has 19 heavy (non-hydrogen) atoms. The van der Waals surface area contributed by atoms with Gasteiger partial charge >= 0.3 is 0 Å². The normalized spacial score (nSPS) is 17.9. The number of hydrogen-bond acceptors (Lipinski definition) is 5. The summed E-state index contributed by atoms with van der Waals surface area (Å²) >= 11 is 1.62. The molecule has 1 fully saturated rings. The lowest BCUT2D eigenvalue weighted by Gasteiger charge is -2.12. The van der Waals surface area contributed by atoms with Crippen molar-refractivity contribution in [3.63, 3.8) is 0 Å². The van der Waals surface area contributed by atoms with E-state index in [1.54, 1.807) is 11.3 Å². The van der Waals surface area contributed by atoms with Gasteiger partial charge in [-0.15, -0.1) is 11.3 Å². The number of nitrogens with one attached hydrogen (secondary N) is 1.